The smallest absolute Gasteiger partial charge is 0.275 e. The Kier molecular flexibility index (Phi) is 3.69. The van der Waals surface area contributed by atoms with Crippen LogP contribution in [0.5, 0.6) is 0 Å². The highest BCUT2D eigenvalue weighted by Crippen LogP contribution is 2.21. The van der Waals surface area contributed by atoms with Crippen LogP contribution in [-0.4, -0.2) is 38.9 Å². The SMILES string of the molecule is O=C(Nc1cnn(C2CCOCC2)c1)c1cnccn1. The van der Waals surface area contributed by atoms with E-state index < -0.39 is 0 Å². The number of aromatic nitrogens is 4. The average Bonchev–Trinajstić information content (AvgIpc) is 2.97. The van der Waals surface area contributed by atoms with Crippen molar-refractivity contribution < 1.29 is 9.53 Å². The second-order valence-corrected chi connectivity index (χ2v) is 4.60. The molecular formula is C13H15N5O2. The summed E-state index contributed by atoms with van der Waals surface area (Å²) >= 11 is 0. The van der Waals surface area contributed by atoms with Gasteiger partial charge < -0.3 is 10.1 Å². The molecule has 0 saturated carbocycles. The molecule has 3 heterocycles. The highest BCUT2D eigenvalue weighted by Gasteiger charge is 2.17. The quantitative estimate of drug-likeness (QED) is 0.910. The van der Waals surface area contributed by atoms with Gasteiger partial charge in [0.1, 0.15) is 5.69 Å². The molecular weight excluding hydrogens is 258 g/mol. The predicted octanol–water partition coefficient (Wildman–Crippen LogP) is 1.28. The summed E-state index contributed by atoms with van der Waals surface area (Å²) in [6.45, 7) is 1.51. The first-order chi connectivity index (χ1) is 9.83. The van der Waals surface area contributed by atoms with E-state index in [1.165, 1.54) is 18.6 Å². The molecule has 1 N–H and O–H groups in total. The molecule has 0 aliphatic carbocycles. The molecule has 0 atom stereocenters. The van der Waals surface area contributed by atoms with Crippen LogP contribution in [-0.2, 0) is 4.74 Å². The van der Waals surface area contributed by atoms with E-state index >= 15 is 0 Å². The van der Waals surface area contributed by atoms with Gasteiger partial charge in [0, 0.05) is 31.8 Å². The minimum Gasteiger partial charge on any atom is -0.381 e. The Labute approximate surface area is 116 Å². The van der Waals surface area contributed by atoms with E-state index in [0.717, 1.165) is 26.1 Å². The maximum Gasteiger partial charge on any atom is 0.275 e. The molecule has 0 aromatic carbocycles. The maximum atomic E-state index is 11.9. The molecule has 7 nitrogen and oxygen atoms in total. The van der Waals surface area contributed by atoms with Crippen molar-refractivity contribution in [2.24, 2.45) is 0 Å². The minimum atomic E-state index is -0.287. The molecule has 1 aliphatic rings. The highest BCUT2D eigenvalue weighted by molar-refractivity contribution is 6.02. The molecule has 2 aromatic heterocycles. The predicted molar refractivity (Wildman–Crippen MR) is 71.3 cm³/mol. The van der Waals surface area contributed by atoms with E-state index in [4.69, 9.17) is 4.74 Å². The minimum absolute atomic E-state index is 0.284. The van der Waals surface area contributed by atoms with Crippen LogP contribution in [0.25, 0.3) is 0 Å². The number of nitrogens with one attached hydrogen (secondary N) is 1. The second-order valence-electron chi connectivity index (χ2n) is 4.60. The van der Waals surface area contributed by atoms with E-state index in [0.29, 0.717) is 11.7 Å². The molecule has 0 spiro atoms. The number of ether oxygens (including phenoxy) is 1. The lowest BCUT2D eigenvalue weighted by Crippen LogP contribution is -2.19. The average molecular weight is 273 g/mol. The van der Waals surface area contributed by atoms with Crippen molar-refractivity contribution in [3.63, 3.8) is 0 Å². The fraction of sp³-hybridized carbons (Fsp3) is 0.385. The third-order valence-electron chi connectivity index (χ3n) is 3.22. The van der Waals surface area contributed by atoms with Gasteiger partial charge in [-0.1, -0.05) is 0 Å². The summed E-state index contributed by atoms with van der Waals surface area (Å²) in [5.41, 5.74) is 0.943. The van der Waals surface area contributed by atoms with Crippen LogP contribution in [0.2, 0.25) is 0 Å². The molecule has 0 radical (unpaired) electrons. The molecule has 0 bridgehead atoms. The normalized spacial score (nSPS) is 16.0. The zero-order valence-electron chi connectivity index (χ0n) is 10.9. The fourth-order valence-corrected chi connectivity index (χ4v) is 2.16. The van der Waals surface area contributed by atoms with Crippen molar-refractivity contribution in [3.05, 3.63) is 36.7 Å². The van der Waals surface area contributed by atoms with E-state index in [-0.39, 0.29) is 11.6 Å². The summed E-state index contributed by atoms with van der Waals surface area (Å²) in [5.74, 6) is -0.287. The molecule has 1 amide bonds. The zero-order valence-corrected chi connectivity index (χ0v) is 10.9. The van der Waals surface area contributed by atoms with E-state index in [1.54, 1.807) is 6.20 Å². The Bertz CT molecular complexity index is 577. The number of carbonyl (C=O) groups is 1. The summed E-state index contributed by atoms with van der Waals surface area (Å²) in [6.07, 6.45) is 9.81. The highest BCUT2D eigenvalue weighted by atomic mass is 16.5. The first-order valence-corrected chi connectivity index (χ1v) is 6.52. The fourth-order valence-electron chi connectivity index (χ4n) is 2.16. The van der Waals surface area contributed by atoms with Gasteiger partial charge in [0.15, 0.2) is 0 Å². The van der Waals surface area contributed by atoms with Crippen molar-refractivity contribution in [3.8, 4) is 0 Å². The lowest BCUT2D eigenvalue weighted by Gasteiger charge is -2.22. The van der Waals surface area contributed by atoms with Crippen molar-refractivity contribution in [2.45, 2.75) is 18.9 Å². The molecule has 3 rings (SSSR count). The molecule has 104 valence electrons. The Hall–Kier alpha value is -2.28. The van der Waals surface area contributed by atoms with E-state index in [9.17, 15) is 4.79 Å². The lowest BCUT2D eigenvalue weighted by molar-refractivity contribution is 0.0662. The number of amides is 1. The van der Waals surface area contributed by atoms with Crippen LogP contribution in [0.1, 0.15) is 29.4 Å². The van der Waals surface area contributed by atoms with Crippen LogP contribution >= 0.6 is 0 Å². The van der Waals surface area contributed by atoms with Crippen molar-refractivity contribution in [1.82, 2.24) is 19.7 Å². The van der Waals surface area contributed by atoms with Crippen molar-refractivity contribution >= 4 is 11.6 Å². The molecule has 2 aromatic rings. The second kappa shape index (κ2) is 5.79. The summed E-state index contributed by atoms with van der Waals surface area (Å²) in [7, 11) is 0. The number of hydrogen-bond donors (Lipinski definition) is 1. The van der Waals surface area contributed by atoms with Gasteiger partial charge in [0.25, 0.3) is 5.91 Å². The summed E-state index contributed by atoms with van der Waals surface area (Å²) in [4.78, 5) is 19.8. The Morgan fingerprint density at radius 1 is 1.30 bits per heavy atom. The number of nitrogens with zero attached hydrogens (tertiary/aromatic N) is 4. The molecule has 7 heteroatoms. The van der Waals surface area contributed by atoms with Crippen LogP contribution in [0.4, 0.5) is 5.69 Å². The zero-order chi connectivity index (χ0) is 13.8. The van der Waals surface area contributed by atoms with E-state index in [1.807, 2.05) is 10.9 Å². The largest absolute Gasteiger partial charge is 0.381 e. The van der Waals surface area contributed by atoms with Gasteiger partial charge in [-0.05, 0) is 12.8 Å². The van der Waals surface area contributed by atoms with Crippen LogP contribution < -0.4 is 5.32 Å². The standard InChI is InChI=1S/C13H15N5O2/c19-13(12-8-14-3-4-15-12)17-10-7-16-18(9-10)11-1-5-20-6-2-11/h3-4,7-9,11H,1-2,5-6H2,(H,17,19). The maximum absolute atomic E-state index is 11.9. The Morgan fingerprint density at radius 3 is 2.90 bits per heavy atom. The van der Waals surface area contributed by atoms with Gasteiger partial charge in [0.05, 0.1) is 24.1 Å². The molecule has 0 unspecified atom stereocenters. The summed E-state index contributed by atoms with van der Waals surface area (Å²) in [5, 5.41) is 7.06. The van der Waals surface area contributed by atoms with E-state index in [2.05, 4.69) is 20.4 Å². The molecule has 1 fully saturated rings. The number of anilines is 1. The summed E-state index contributed by atoms with van der Waals surface area (Å²) < 4.78 is 7.21. The monoisotopic (exact) mass is 273 g/mol. The number of rotatable bonds is 3. The van der Waals surface area contributed by atoms with Gasteiger partial charge in [-0.25, -0.2) is 4.98 Å². The van der Waals surface area contributed by atoms with Gasteiger partial charge in [-0.2, -0.15) is 5.10 Å². The van der Waals surface area contributed by atoms with Crippen LogP contribution in [0.15, 0.2) is 31.0 Å². The van der Waals surface area contributed by atoms with Crippen molar-refractivity contribution in [1.29, 1.82) is 0 Å². The molecule has 1 saturated heterocycles. The molecule has 20 heavy (non-hydrogen) atoms. The lowest BCUT2D eigenvalue weighted by atomic mass is 10.1. The van der Waals surface area contributed by atoms with Crippen LogP contribution in [0, 0.1) is 0 Å². The third-order valence-corrected chi connectivity index (χ3v) is 3.22. The Morgan fingerprint density at radius 2 is 2.15 bits per heavy atom. The first kappa shape index (κ1) is 12.7. The Balaban J connectivity index is 1.66. The first-order valence-electron chi connectivity index (χ1n) is 6.52. The van der Waals surface area contributed by atoms with Gasteiger partial charge >= 0.3 is 0 Å². The van der Waals surface area contributed by atoms with Crippen molar-refractivity contribution in [2.75, 3.05) is 18.5 Å². The van der Waals surface area contributed by atoms with Gasteiger partial charge in [0.2, 0.25) is 0 Å². The van der Waals surface area contributed by atoms with Crippen LogP contribution in [0.3, 0.4) is 0 Å². The van der Waals surface area contributed by atoms with Gasteiger partial charge in [-0.3, -0.25) is 14.5 Å². The topological polar surface area (TPSA) is 81.9 Å². The third kappa shape index (κ3) is 2.83. The number of carbonyl (C=O) groups excluding carboxylic acids is 1. The molecule has 1 aliphatic heterocycles. The summed E-state index contributed by atoms with van der Waals surface area (Å²) in [6, 6.07) is 0.339. The number of hydrogen-bond acceptors (Lipinski definition) is 5. The van der Waals surface area contributed by atoms with Gasteiger partial charge in [-0.15, -0.1) is 0 Å².